The van der Waals surface area contributed by atoms with Gasteiger partial charge in [0.2, 0.25) is 6.41 Å². The summed E-state index contributed by atoms with van der Waals surface area (Å²) < 4.78 is 5.70. The number of nitrogens with one attached hydrogen (secondary N) is 1. The van der Waals surface area contributed by atoms with Crippen LogP contribution < -0.4 is 5.32 Å². The van der Waals surface area contributed by atoms with E-state index in [0.29, 0.717) is 19.6 Å². The molecule has 1 N–H and O–H groups in total. The van der Waals surface area contributed by atoms with Gasteiger partial charge in [0.15, 0.2) is 0 Å². The van der Waals surface area contributed by atoms with E-state index in [4.69, 9.17) is 4.74 Å². The summed E-state index contributed by atoms with van der Waals surface area (Å²) in [6, 6.07) is 9.97. The van der Waals surface area contributed by atoms with E-state index in [1.165, 1.54) is 0 Å². The molecule has 0 saturated heterocycles. The lowest BCUT2D eigenvalue weighted by Crippen LogP contribution is -2.36. The zero-order valence-electron chi connectivity index (χ0n) is 9.19. The summed E-state index contributed by atoms with van der Waals surface area (Å²) in [5, 5.41) is 2.62. The summed E-state index contributed by atoms with van der Waals surface area (Å²) in [4.78, 5) is 10.2. The van der Waals surface area contributed by atoms with E-state index < -0.39 is 0 Å². The van der Waals surface area contributed by atoms with Crippen LogP contribution in [0.5, 0.6) is 0 Å². The van der Waals surface area contributed by atoms with Crippen molar-refractivity contribution in [2.45, 2.75) is 26.1 Å². The zero-order valence-corrected chi connectivity index (χ0v) is 9.19. The molecule has 15 heavy (non-hydrogen) atoms. The molecule has 0 radical (unpaired) electrons. The lowest BCUT2D eigenvalue weighted by atomic mass is 10.1. The fraction of sp³-hybridized carbons (Fsp3) is 0.417. The minimum Gasteiger partial charge on any atom is -0.369 e. The molecule has 1 aromatic rings. The highest BCUT2D eigenvalue weighted by atomic mass is 16.5. The van der Waals surface area contributed by atoms with E-state index in [9.17, 15) is 4.79 Å². The van der Waals surface area contributed by atoms with E-state index >= 15 is 0 Å². The normalized spacial score (nSPS) is 11.1. The topological polar surface area (TPSA) is 38.3 Å². The summed E-state index contributed by atoms with van der Waals surface area (Å²) in [5.74, 6) is 0. The van der Waals surface area contributed by atoms with Crippen molar-refractivity contribution in [3.63, 3.8) is 0 Å². The lowest BCUT2D eigenvalue weighted by molar-refractivity contribution is -0.111. The van der Waals surface area contributed by atoms with Crippen molar-refractivity contribution in [3.05, 3.63) is 35.9 Å². The van der Waals surface area contributed by atoms with Crippen LogP contribution in [0.25, 0.3) is 0 Å². The second kappa shape index (κ2) is 5.51. The highest BCUT2D eigenvalue weighted by Gasteiger charge is 2.17. The first-order chi connectivity index (χ1) is 7.14. The smallest absolute Gasteiger partial charge is 0.207 e. The molecule has 0 heterocycles. The summed E-state index contributed by atoms with van der Waals surface area (Å²) in [7, 11) is 0. The summed E-state index contributed by atoms with van der Waals surface area (Å²) in [6.07, 6.45) is 0.688. The molecule has 82 valence electrons. The van der Waals surface area contributed by atoms with Gasteiger partial charge in [-0.15, -0.1) is 0 Å². The van der Waals surface area contributed by atoms with Crippen molar-refractivity contribution in [2.75, 3.05) is 6.54 Å². The second-order valence-corrected chi connectivity index (χ2v) is 4.03. The Kier molecular flexibility index (Phi) is 4.31. The largest absolute Gasteiger partial charge is 0.369 e. The zero-order chi connectivity index (χ0) is 11.1. The van der Waals surface area contributed by atoms with Crippen LogP contribution in [0, 0.1) is 0 Å². The van der Waals surface area contributed by atoms with Crippen LogP contribution in [0.3, 0.4) is 0 Å². The number of ether oxygens (including phenoxy) is 1. The first-order valence-corrected chi connectivity index (χ1v) is 4.99. The molecular weight excluding hydrogens is 190 g/mol. The van der Waals surface area contributed by atoms with Gasteiger partial charge in [-0.1, -0.05) is 30.3 Å². The first-order valence-electron chi connectivity index (χ1n) is 4.99. The molecule has 0 bridgehead atoms. The quantitative estimate of drug-likeness (QED) is 0.721. The Hall–Kier alpha value is -1.35. The molecule has 1 rings (SSSR count). The minimum absolute atomic E-state index is 0.337. The Morgan fingerprint density at radius 2 is 2.00 bits per heavy atom. The Bertz CT molecular complexity index is 296. The molecular formula is C12H17NO2. The number of carbonyl (C=O) groups excluding carboxylic acids is 1. The van der Waals surface area contributed by atoms with Gasteiger partial charge in [-0.3, -0.25) is 4.79 Å². The molecule has 0 atom stereocenters. The molecule has 0 unspecified atom stereocenters. The Balaban J connectivity index is 2.39. The number of hydrogen-bond donors (Lipinski definition) is 1. The van der Waals surface area contributed by atoms with Crippen LogP contribution in [0.15, 0.2) is 30.3 Å². The van der Waals surface area contributed by atoms with Crippen LogP contribution >= 0.6 is 0 Å². The third-order valence-corrected chi connectivity index (χ3v) is 2.08. The van der Waals surface area contributed by atoms with Gasteiger partial charge in [0, 0.05) is 6.54 Å². The molecule has 0 fully saturated rings. The Morgan fingerprint density at radius 3 is 2.60 bits per heavy atom. The molecule has 3 heteroatoms. The molecule has 0 aliphatic carbocycles. The molecule has 3 nitrogen and oxygen atoms in total. The highest BCUT2D eigenvalue weighted by molar-refractivity contribution is 5.46. The number of carbonyl (C=O) groups is 1. The fourth-order valence-electron chi connectivity index (χ4n) is 1.19. The van der Waals surface area contributed by atoms with E-state index in [0.717, 1.165) is 5.56 Å². The second-order valence-electron chi connectivity index (χ2n) is 4.03. The lowest BCUT2D eigenvalue weighted by Gasteiger charge is -2.24. The van der Waals surface area contributed by atoms with Crippen LogP contribution in [-0.4, -0.2) is 18.6 Å². The predicted octanol–water partition coefficient (Wildman–Crippen LogP) is 1.73. The molecule has 0 saturated carbocycles. The van der Waals surface area contributed by atoms with Crippen molar-refractivity contribution >= 4 is 6.41 Å². The third-order valence-electron chi connectivity index (χ3n) is 2.08. The van der Waals surface area contributed by atoms with Gasteiger partial charge in [-0.25, -0.2) is 0 Å². The first kappa shape index (κ1) is 11.7. The van der Waals surface area contributed by atoms with Crippen molar-refractivity contribution in [2.24, 2.45) is 0 Å². The van der Waals surface area contributed by atoms with Gasteiger partial charge in [0.1, 0.15) is 0 Å². The molecule has 0 aliphatic rings. The van der Waals surface area contributed by atoms with Crippen molar-refractivity contribution < 1.29 is 9.53 Å². The Morgan fingerprint density at radius 1 is 1.33 bits per heavy atom. The van der Waals surface area contributed by atoms with Crippen molar-refractivity contribution in [1.82, 2.24) is 5.32 Å². The Labute approximate surface area is 90.4 Å². The average molecular weight is 207 g/mol. The maximum atomic E-state index is 10.2. The van der Waals surface area contributed by atoms with Gasteiger partial charge >= 0.3 is 0 Å². The van der Waals surface area contributed by atoms with Gasteiger partial charge in [-0.2, -0.15) is 0 Å². The standard InChI is InChI=1S/C12H17NO2/c1-12(2,9-13-10-14)15-8-11-6-4-3-5-7-11/h3-7,10H,8-9H2,1-2H3,(H,13,14). The number of rotatable bonds is 6. The molecule has 0 spiro atoms. The van der Waals surface area contributed by atoms with Gasteiger partial charge in [0.05, 0.1) is 12.2 Å². The van der Waals surface area contributed by atoms with E-state index in [2.05, 4.69) is 5.32 Å². The molecule has 0 aliphatic heterocycles. The monoisotopic (exact) mass is 207 g/mol. The van der Waals surface area contributed by atoms with Crippen LogP contribution in [0.4, 0.5) is 0 Å². The number of amides is 1. The SMILES string of the molecule is CC(C)(CNC=O)OCc1ccccc1. The molecule has 1 amide bonds. The van der Waals surface area contributed by atoms with Gasteiger partial charge in [-0.05, 0) is 19.4 Å². The summed E-state index contributed by atoms with van der Waals surface area (Å²) in [6.45, 7) is 4.98. The molecule has 0 aromatic heterocycles. The van der Waals surface area contributed by atoms with Crippen LogP contribution in [-0.2, 0) is 16.1 Å². The van der Waals surface area contributed by atoms with Crippen LogP contribution in [0.1, 0.15) is 19.4 Å². The van der Waals surface area contributed by atoms with Crippen LogP contribution in [0.2, 0.25) is 0 Å². The van der Waals surface area contributed by atoms with E-state index in [1.54, 1.807) is 0 Å². The summed E-state index contributed by atoms with van der Waals surface area (Å²) in [5.41, 5.74) is 0.799. The van der Waals surface area contributed by atoms with E-state index in [1.807, 2.05) is 44.2 Å². The number of hydrogen-bond acceptors (Lipinski definition) is 2. The van der Waals surface area contributed by atoms with Crippen molar-refractivity contribution in [3.8, 4) is 0 Å². The summed E-state index contributed by atoms with van der Waals surface area (Å²) >= 11 is 0. The highest BCUT2D eigenvalue weighted by Crippen LogP contribution is 2.11. The minimum atomic E-state index is -0.337. The third kappa shape index (κ3) is 4.61. The van der Waals surface area contributed by atoms with E-state index in [-0.39, 0.29) is 5.60 Å². The van der Waals surface area contributed by atoms with Crippen molar-refractivity contribution in [1.29, 1.82) is 0 Å². The fourth-order valence-corrected chi connectivity index (χ4v) is 1.19. The number of benzene rings is 1. The maximum absolute atomic E-state index is 10.2. The predicted molar refractivity (Wildman–Crippen MR) is 59.4 cm³/mol. The van der Waals surface area contributed by atoms with Gasteiger partial charge in [0.25, 0.3) is 0 Å². The average Bonchev–Trinajstić information content (AvgIpc) is 2.25. The molecule has 1 aromatic carbocycles. The van der Waals surface area contributed by atoms with Gasteiger partial charge < -0.3 is 10.1 Å². The maximum Gasteiger partial charge on any atom is 0.207 e.